The SMILES string of the molecule is COc1ccc(NC(=O)C(C)n2nc(-c3ccc(F)cc3)ccc2=O)cc1. The Hall–Kier alpha value is -3.48. The smallest absolute Gasteiger partial charge is 0.267 e. The summed E-state index contributed by atoms with van der Waals surface area (Å²) in [6.07, 6.45) is 0. The Balaban J connectivity index is 1.83. The van der Waals surface area contributed by atoms with Crippen LogP contribution in [0.3, 0.4) is 0 Å². The highest BCUT2D eigenvalue weighted by Gasteiger charge is 2.18. The third-order valence-electron chi connectivity index (χ3n) is 4.07. The van der Waals surface area contributed by atoms with E-state index in [1.54, 1.807) is 56.5 Å². The van der Waals surface area contributed by atoms with Gasteiger partial charge in [-0.2, -0.15) is 5.10 Å². The van der Waals surface area contributed by atoms with Gasteiger partial charge in [0.25, 0.3) is 5.56 Å². The fourth-order valence-electron chi connectivity index (χ4n) is 2.51. The number of halogens is 1. The summed E-state index contributed by atoms with van der Waals surface area (Å²) in [4.78, 5) is 24.7. The molecule has 0 saturated carbocycles. The van der Waals surface area contributed by atoms with Gasteiger partial charge in [-0.3, -0.25) is 9.59 Å². The van der Waals surface area contributed by atoms with Gasteiger partial charge in [0.1, 0.15) is 17.6 Å². The zero-order valence-electron chi connectivity index (χ0n) is 14.8. The molecule has 7 heteroatoms. The molecule has 6 nitrogen and oxygen atoms in total. The van der Waals surface area contributed by atoms with E-state index in [9.17, 15) is 14.0 Å². The number of aromatic nitrogens is 2. The lowest BCUT2D eigenvalue weighted by atomic mass is 10.1. The van der Waals surface area contributed by atoms with Crippen molar-refractivity contribution in [1.82, 2.24) is 9.78 Å². The molecule has 1 atom stereocenters. The molecule has 3 aromatic rings. The van der Waals surface area contributed by atoms with E-state index in [0.717, 1.165) is 4.68 Å². The number of carbonyl (C=O) groups is 1. The Kier molecular flexibility index (Phi) is 5.30. The van der Waals surface area contributed by atoms with Crippen LogP contribution in [0.4, 0.5) is 10.1 Å². The summed E-state index contributed by atoms with van der Waals surface area (Å²) in [7, 11) is 1.56. The molecule has 0 radical (unpaired) electrons. The van der Waals surface area contributed by atoms with Gasteiger partial charge in [-0.15, -0.1) is 0 Å². The van der Waals surface area contributed by atoms with Gasteiger partial charge >= 0.3 is 0 Å². The maximum Gasteiger partial charge on any atom is 0.267 e. The second kappa shape index (κ2) is 7.82. The van der Waals surface area contributed by atoms with E-state index >= 15 is 0 Å². The zero-order valence-corrected chi connectivity index (χ0v) is 14.8. The number of carbonyl (C=O) groups excluding carboxylic acids is 1. The third kappa shape index (κ3) is 4.20. The van der Waals surface area contributed by atoms with Crippen LogP contribution in [0.15, 0.2) is 65.5 Å². The highest BCUT2D eigenvalue weighted by Crippen LogP contribution is 2.18. The van der Waals surface area contributed by atoms with Crippen molar-refractivity contribution in [1.29, 1.82) is 0 Å². The molecule has 0 aliphatic rings. The molecule has 0 spiro atoms. The fraction of sp³-hybridized carbons (Fsp3) is 0.150. The molecule has 1 N–H and O–H groups in total. The van der Waals surface area contributed by atoms with Crippen LogP contribution in [0.1, 0.15) is 13.0 Å². The summed E-state index contributed by atoms with van der Waals surface area (Å²) < 4.78 is 19.3. The van der Waals surface area contributed by atoms with Crippen molar-refractivity contribution in [2.75, 3.05) is 12.4 Å². The van der Waals surface area contributed by atoms with Crippen molar-refractivity contribution >= 4 is 11.6 Å². The first-order valence-corrected chi connectivity index (χ1v) is 8.28. The summed E-state index contributed by atoms with van der Waals surface area (Å²) in [5.74, 6) is -0.0729. The quantitative estimate of drug-likeness (QED) is 0.751. The van der Waals surface area contributed by atoms with Gasteiger partial charge in [0.2, 0.25) is 5.91 Å². The predicted octanol–water partition coefficient (Wildman–Crippen LogP) is 3.26. The molecule has 0 bridgehead atoms. The van der Waals surface area contributed by atoms with E-state index in [4.69, 9.17) is 4.74 Å². The molecule has 0 fully saturated rings. The monoisotopic (exact) mass is 367 g/mol. The lowest BCUT2D eigenvalue weighted by Gasteiger charge is -2.15. The first-order valence-electron chi connectivity index (χ1n) is 8.28. The van der Waals surface area contributed by atoms with Gasteiger partial charge in [0.15, 0.2) is 0 Å². The first kappa shape index (κ1) is 18.3. The number of hydrogen-bond acceptors (Lipinski definition) is 4. The fourth-order valence-corrected chi connectivity index (χ4v) is 2.51. The summed E-state index contributed by atoms with van der Waals surface area (Å²) in [6.45, 7) is 1.59. The number of hydrogen-bond donors (Lipinski definition) is 1. The van der Waals surface area contributed by atoms with Gasteiger partial charge in [0.05, 0.1) is 12.8 Å². The lowest BCUT2D eigenvalue weighted by molar-refractivity contribution is -0.119. The van der Waals surface area contributed by atoms with Crippen LogP contribution in [0, 0.1) is 5.82 Å². The average molecular weight is 367 g/mol. The molecule has 0 saturated heterocycles. The maximum absolute atomic E-state index is 13.1. The predicted molar refractivity (Wildman–Crippen MR) is 100 cm³/mol. The number of ether oxygens (including phenoxy) is 1. The molecule has 138 valence electrons. The molecular formula is C20H18FN3O3. The Morgan fingerprint density at radius 3 is 2.37 bits per heavy atom. The number of amides is 1. The van der Waals surface area contributed by atoms with E-state index in [0.29, 0.717) is 22.7 Å². The van der Waals surface area contributed by atoms with Crippen LogP contribution in [-0.4, -0.2) is 22.8 Å². The van der Waals surface area contributed by atoms with E-state index in [2.05, 4.69) is 10.4 Å². The van der Waals surface area contributed by atoms with Crippen LogP contribution in [-0.2, 0) is 4.79 Å². The Labute approximate surface area is 155 Å². The number of methoxy groups -OCH3 is 1. The average Bonchev–Trinajstić information content (AvgIpc) is 2.69. The van der Waals surface area contributed by atoms with Gasteiger partial charge < -0.3 is 10.1 Å². The molecular weight excluding hydrogens is 349 g/mol. The van der Waals surface area contributed by atoms with Crippen LogP contribution < -0.4 is 15.6 Å². The normalized spacial score (nSPS) is 11.7. The second-order valence-electron chi connectivity index (χ2n) is 5.90. The molecule has 0 aliphatic carbocycles. The van der Waals surface area contributed by atoms with Crippen LogP contribution in [0.5, 0.6) is 5.75 Å². The molecule has 1 amide bonds. The standard InChI is InChI=1S/C20H18FN3O3/c1-13(20(26)22-16-7-9-17(27-2)10-8-16)24-19(25)12-11-18(23-24)14-3-5-15(21)6-4-14/h3-13H,1-2H3,(H,22,26). The summed E-state index contributed by atoms with van der Waals surface area (Å²) in [5, 5.41) is 7.00. The number of benzene rings is 2. The van der Waals surface area contributed by atoms with E-state index < -0.39 is 11.6 Å². The van der Waals surface area contributed by atoms with Crippen molar-refractivity contribution in [3.8, 4) is 17.0 Å². The van der Waals surface area contributed by atoms with Crippen molar-refractivity contribution in [2.24, 2.45) is 0 Å². The summed E-state index contributed by atoms with van der Waals surface area (Å²) in [5.41, 5.74) is 1.29. The molecule has 3 rings (SSSR count). The first-order chi connectivity index (χ1) is 13.0. The van der Waals surface area contributed by atoms with E-state index in [1.807, 2.05) is 0 Å². The van der Waals surface area contributed by atoms with Crippen molar-refractivity contribution in [2.45, 2.75) is 13.0 Å². The van der Waals surface area contributed by atoms with Crippen LogP contribution >= 0.6 is 0 Å². The Bertz CT molecular complexity index is 998. The van der Waals surface area contributed by atoms with E-state index in [1.165, 1.54) is 18.2 Å². The molecule has 1 aromatic heterocycles. The maximum atomic E-state index is 13.1. The van der Waals surface area contributed by atoms with Gasteiger partial charge in [0, 0.05) is 17.3 Å². The summed E-state index contributed by atoms with van der Waals surface area (Å²) >= 11 is 0. The minimum atomic E-state index is -0.833. The van der Waals surface area contributed by atoms with Gasteiger partial charge in [-0.05, 0) is 61.5 Å². The Morgan fingerprint density at radius 2 is 1.74 bits per heavy atom. The topological polar surface area (TPSA) is 73.2 Å². The zero-order chi connectivity index (χ0) is 19.4. The minimum absolute atomic E-state index is 0.362. The van der Waals surface area contributed by atoms with E-state index in [-0.39, 0.29) is 11.7 Å². The van der Waals surface area contributed by atoms with Crippen LogP contribution in [0.2, 0.25) is 0 Å². The largest absolute Gasteiger partial charge is 0.497 e. The molecule has 0 aliphatic heterocycles. The van der Waals surface area contributed by atoms with Crippen molar-refractivity contribution < 1.29 is 13.9 Å². The second-order valence-corrected chi connectivity index (χ2v) is 5.90. The minimum Gasteiger partial charge on any atom is -0.497 e. The van der Waals surface area contributed by atoms with Gasteiger partial charge in [-0.25, -0.2) is 9.07 Å². The molecule has 1 heterocycles. The third-order valence-corrected chi connectivity index (χ3v) is 4.07. The van der Waals surface area contributed by atoms with Crippen molar-refractivity contribution in [3.63, 3.8) is 0 Å². The molecule has 2 aromatic carbocycles. The number of nitrogens with one attached hydrogen (secondary N) is 1. The molecule has 27 heavy (non-hydrogen) atoms. The van der Waals surface area contributed by atoms with Crippen LogP contribution in [0.25, 0.3) is 11.3 Å². The number of anilines is 1. The van der Waals surface area contributed by atoms with Gasteiger partial charge in [-0.1, -0.05) is 0 Å². The highest BCUT2D eigenvalue weighted by molar-refractivity contribution is 5.93. The highest BCUT2D eigenvalue weighted by atomic mass is 19.1. The van der Waals surface area contributed by atoms with Crippen molar-refractivity contribution in [3.05, 3.63) is 76.8 Å². The number of nitrogens with zero attached hydrogens (tertiary/aromatic N) is 2. The number of rotatable bonds is 5. The lowest BCUT2D eigenvalue weighted by Crippen LogP contribution is -2.33. The Morgan fingerprint density at radius 1 is 1.07 bits per heavy atom. The molecule has 1 unspecified atom stereocenters. The summed E-state index contributed by atoms with van der Waals surface area (Å²) in [6, 6.07) is 14.6.